The number of nitrogens with zero attached hydrogens (tertiary/aromatic N) is 1. The molecule has 23 heavy (non-hydrogen) atoms. The smallest absolute Gasteiger partial charge is 0.257 e. The van der Waals surface area contributed by atoms with Crippen LogP contribution in [0.4, 0.5) is 0 Å². The minimum atomic E-state index is -0.248. The molecule has 0 atom stereocenters. The van der Waals surface area contributed by atoms with Crippen molar-refractivity contribution in [3.8, 4) is 11.5 Å². The molecule has 1 fully saturated rings. The van der Waals surface area contributed by atoms with E-state index in [1.165, 1.54) is 0 Å². The van der Waals surface area contributed by atoms with Crippen molar-refractivity contribution in [1.29, 1.82) is 0 Å². The maximum absolute atomic E-state index is 11.8. The number of carbonyl (C=O) groups excluding carboxylic acids is 2. The molecule has 126 valence electrons. The predicted molar refractivity (Wildman–Crippen MR) is 86.7 cm³/mol. The van der Waals surface area contributed by atoms with Crippen molar-refractivity contribution in [2.75, 3.05) is 33.4 Å². The van der Waals surface area contributed by atoms with Crippen LogP contribution in [0.15, 0.2) is 18.2 Å². The average Bonchev–Trinajstić information content (AvgIpc) is 3.08. The van der Waals surface area contributed by atoms with Crippen LogP contribution in [-0.4, -0.2) is 50.1 Å². The quantitative estimate of drug-likeness (QED) is 0.827. The maximum atomic E-state index is 11.8. The van der Waals surface area contributed by atoms with E-state index in [4.69, 9.17) is 9.47 Å². The molecule has 6 heteroatoms. The van der Waals surface area contributed by atoms with E-state index < -0.39 is 0 Å². The third-order valence-electron chi connectivity index (χ3n) is 3.80. The largest absolute Gasteiger partial charge is 0.493 e. The Balaban J connectivity index is 1.70. The molecular formula is C17H24N2O4. The number of aryl methyl sites for hydroxylation is 1. The number of carbonyl (C=O) groups is 2. The molecule has 1 heterocycles. The summed E-state index contributed by atoms with van der Waals surface area (Å²) in [6, 6.07) is 5.52. The highest BCUT2D eigenvalue weighted by Gasteiger charge is 2.17. The Morgan fingerprint density at radius 2 is 1.96 bits per heavy atom. The van der Waals surface area contributed by atoms with Gasteiger partial charge in [-0.3, -0.25) is 9.59 Å². The molecule has 1 aromatic carbocycles. The predicted octanol–water partition coefficient (Wildman–Crippen LogP) is 1.51. The summed E-state index contributed by atoms with van der Waals surface area (Å²) in [5, 5.41) is 2.70. The van der Waals surface area contributed by atoms with Gasteiger partial charge in [0.1, 0.15) is 0 Å². The zero-order valence-electron chi connectivity index (χ0n) is 13.8. The maximum Gasteiger partial charge on any atom is 0.257 e. The van der Waals surface area contributed by atoms with Crippen molar-refractivity contribution in [1.82, 2.24) is 10.2 Å². The summed E-state index contributed by atoms with van der Waals surface area (Å²) in [5.41, 5.74) is 1.05. The van der Waals surface area contributed by atoms with Crippen molar-refractivity contribution < 1.29 is 19.1 Å². The van der Waals surface area contributed by atoms with Crippen LogP contribution < -0.4 is 14.8 Å². The van der Waals surface area contributed by atoms with Gasteiger partial charge in [-0.2, -0.15) is 0 Å². The van der Waals surface area contributed by atoms with E-state index in [0.717, 1.165) is 31.5 Å². The van der Waals surface area contributed by atoms with Gasteiger partial charge < -0.3 is 19.7 Å². The highest BCUT2D eigenvalue weighted by Crippen LogP contribution is 2.27. The van der Waals surface area contributed by atoms with Gasteiger partial charge in [-0.05, 0) is 37.5 Å². The summed E-state index contributed by atoms with van der Waals surface area (Å²) in [7, 11) is 1.56. The van der Waals surface area contributed by atoms with Crippen LogP contribution in [-0.2, 0) is 9.59 Å². The molecule has 0 unspecified atom stereocenters. The highest BCUT2D eigenvalue weighted by molar-refractivity contribution is 5.80. The minimum absolute atomic E-state index is 0.0999. The lowest BCUT2D eigenvalue weighted by molar-refractivity contribution is -0.130. The van der Waals surface area contributed by atoms with E-state index in [1.54, 1.807) is 13.2 Å². The highest BCUT2D eigenvalue weighted by atomic mass is 16.5. The Kier molecular flexibility index (Phi) is 6.26. The minimum Gasteiger partial charge on any atom is -0.493 e. The second kappa shape index (κ2) is 8.41. The molecule has 2 amide bonds. The number of rotatable bonds is 7. The van der Waals surface area contributed by atoms with Gasteiger partial charge in [0.05, 0.1) is 7.11 Å². The number of hydrogen-bond donors (Lipinski definition) is 1. The fourth-order valence-corrected chi connectivity index (χ4v) is 2.52. The van der Waals surface area contributed by atoms with Crippen LogP contribution in [0, 0.1) is 6.92 Å². The van der Waals surface area contributed by atoms with Gasteiger partial charge in [0.25, 0.3) is 5.91 Å². The Hall–Kier alpha value is -2.24. The van der Waals surface area contributed by atoms with Gasteiger partial charge in [-0.25, -0.2) is 0 Å². The van der Waals surface area contributed by atoms with Crippen molar-refractivity contribution in [3.05, 3.63) is 23.8 Å². The number of nitrogens with one attached hydrogen (secondary N) is 1. The van der Waals surface area contributed by atoms with Crippen molar-refractivity contribution >= 4 is 11.8 Å². The van der Waals surface area contributed by atoms with Crippen LogP contribution in [0.1, 0.15) is 24.8 Å². The molecule has 0 aromatic heterocycles. The first-order chi connectivity index (χ1) is 11.1. The van der Waals surface area contributed by atoms with Gasteiger partial charge in [0.15, 0.2) is 18.1 Å². The number of benzene rings is 1. The van der Waals surface area contributed by atoms with Crippen LogP contribution >= 0.6 is 0 Å². The van der Waals surface area contributed by atoms with Crippen LogP contribution in [0.3, 0.4) is 0 Å². The average molecular weight is 320 g/mol. The van der Waals surface area contributed by atoms with E-state index in [2.05, 4.69) is 5.32 Å². The SMILES string of the molecule is COc1cc(C)ccc1OCC(=O)NCCC(=O)N1CCCC1. The number of methoxy groups -OCH3 is 1. The second-order valence-corrected chi connectivity index (χ2v) is 5.63. The zero-order valence-corrected chi connectivity index (χ0v) is 13.8. The molecule has 1 saturated heterocycles. The lowest BCUT2D eigenvalue weighted by Crippen LogP contribution is -2.34. The molecule has 1 aromatic rings. The molecule has 0 aliphatic carbocycles. The number of likely N-dealkylation sites (tertiary alicyclic amines) is 1. The van der Waals surface area contributed by atoms with Gasteiger partial charge >= 0.3 is 0 Å². The normalized spacial score (nSPS) is 13.7. The zero-order chi connectivity index (χ0) is 16.7. The fourth-order valence-electron chi connectivity index (χ4n) is 2.52. The number of hydrogen-bond acceptors (Lipinski definition) is 4. The Morgan fingerprint density at radius 1 is 1.22 bits per heavy atom. The molecule has 6 nitrogen and oxygen atoms in total. The standard InChI is InChI=1S/C17H24N2O4/c1-13-5-6-14(15(11-13)22-2)23-12-16(20)18-8-7-17(21)19-9-3-4-10-19/h5-6,11H,3-4,7-10,12H2,1-2H3,(H,18,20). The Morgan fingerprint density at radius 3 is 2.65 bits per heavy atom. The molecule has 1 aliphatic heterocycles. The third-order valence-corrected chi connectivity index (χ3v) is 3.80. The molecule has 1 N–H and O–H groups in total. The summed E-state index contributed by atoms with van der Waals surface area (Å²) in [4.78, 5) is 25.5. The Labute approximate surface area is 136 Å². The lowest BCUT2D eigenvalue weighted by atomic mass is 10.2. The number of amides is 2. The summed E-state index contributed by atoms with van der Waals surface area (Å²) in [5.74, 6) is 0.981. The Bertz CT molecular complexity index is 554. The van der Waals surface area contributed by atoms with E-state index in [-0.39, 0.29) is 18.4 Å². The summed E-state index contributed by atoms with van der Waals surface area (Å²) in [6.07, 6.45) is 2.48. The molecule has 1 aliphatic rings. The van der Waals surface area contributed by atoms with E-state index in [0.29, 0.717) is 24.5 Å². The van der Waals surface area contributed by atoms with Gasteiger partial charge in [-0.15, -0.1) is 0 Å². The lowest BCUT2D eigenvalue weighted by Gasteiger charge is -2.15. The first-order valence-corrected chi connectivity index (χ1v) is 7.92. The first kappa shape index (κ1) is 17.1. The molecule has 2 rings (SSSR count). The number of ether oxygens (including phenoxy) is 2. The van der Waals surface area contributed by atoms with Gasteiger partial charge in [0, 0.05) is 26.1 Å². The van der Waals surface area contributed by atoms with Crippen LogP contribution in [0.25, 0.3) is 0 Å². The third kappa shape index (κ3) is 5.16. The summed E-state index contributed by atoms with van der Waals surface area (Å²) in [6.45, 7) is 3.86. The second-order valence-electron chi connectivity index (χ2n) is 5.63. The van der Waals surface area contributed by atoms with Crippen molar-refractivity contribution in [2.45, 2.75) is 26.2 Å². The fraction of sp³-hybridized carbons (Fsp3) is 0.529. The van der Waals surface area contributed by atoms with E-state index in [1.807, 2.05) is 24.0 Å². The van der Waals surface area contributed by atoms with Crippen molar-refractivity contribution in [2.24, 2.45) is 0 Å². The van der Waals surface area contributed by atoms with Crippen molar-refractivity contribution in [3.63, 3.8) is 0 Å². The van der Waals surface area contributed by atoms with Gasteiger partial charge in [-0.1, -0.05) is 6.07 Å². The molecule has 0 spiro atoms. The molecule has 0 saturated carbocycles. The van der Waals surface area contributed by atoms with Crippen LogP contribution in [0.2, 0.25) is 0 Å². The van der Waals surface area contributed by atoms with E-state index in [9.17, 15) is 9.59 Å². The molecular weight excluding hydrogens is 296 g/mol. The topological polar surface area (TPSA) is 67.9 Å². The first-order valence-electron chi connectivity index (χ1n) is 7.92. The summed E-state index contributed by atoms with van der Waals surface area (Å²) < 4.78 is 10.7. The molecule has 0 bridgehead atoms. The van der Waals surface area contributed by atoms with Crippen LogP contribution in [0.5, 0.6) is 11.5 Å². The van der Waals surface area contributed by atoms with E-state index >= 15 is 0 Å². The summed E-state index contributed by atoms with van der Waals surface area (Å²) >= 11 is 0. The van der Waals surface area contributed by atoms with Gasteiger partial charge in [0.2, 0.25) is 5.91 Å². The molecule has 0 radical (unpaired) electrons. The monoisotopic (exact) mass is 320 g/mol.